The molecule has 0 radical (unpaired) electrons. The molecule has 0 atom stereocenters. The number of thiocarbonyl (C=S) groups is 1. The van der Waals surface area contributed by atoms with Crippen LogP contribution in [0.15, 0.2) is 67.0 Å². The number of para-hydroxylation sites is 1. The zero-order chi connectivity index (χ0) is 21.1. The maximum Gasteiger partial charge on any atom is 0.418 e. The second-order valence-electron chi connectivity index (χ2n) is 6.16. The zero-order valence-corrected chi connectivity index (χ0v) is 16.8. The third kappa shape index (κ3) is 4.34. The second-order valence-corrected chi connectivity index (χ2v) is 7.62. The Kier molecular flexibility index (Phi) is 5.51. The van der Waals surface area contributed by atoms with Crippen LogP contribution < -0.4 is 16.2 Å². The summed E-state index contributed by atoms with van der Waals surface area (Å²) in [5.41, 5.74) is 6.41. The number of alkyl halides is 3. The van der Waals surface area contributed by atoms with Gasteiger partial charge in [-0.2, -0.15) is 13.2 Å². The van der Waals surface area contributed by atoms with Crippen LogP contribution in [0.3, 0.4) is 0 Å². The summed E-state index contributed by atoms with van der Waals surface area (Å²) in [6, 6.07) is 16.9. The van der Waals surface area contributed by atoms with Gasteiger partial charge in [-0.25, -0.2) is 9.97 Å². The maximum absolute atomic E-state index is 13.1. The van der Waals surface area contributed by atoms with Crippen LogP contribution in [0.4, 0.5) is 24.7 Å². The molecule has 2 aromatic carbocycles. The van der Waals surface area contributed by atoms with Gasteiger partial charge in [-0.05, 0) is 36.0 Å². The van der Waals surface area contributed by atoms with Crippen molar-refractivity contribution >= 4 is 50.4 Å². The summed E-state index contributed by atoms with van der Waals surface area (Å²) in [6.07, 6.45) is -3.08. The van der Waals surface area contributed by atoms with Gasteiger partial charge in [0.25, 0.3) is 0 Å². The van der Waals surface area contributed by atoms with Crippen molar-refractivity contribution in [3.8, 4) is 10.4 Å². The first-order valence-corrected chi connectivity index (χ1v) is 9.93. The molecule has 152 valence electrons. The third-order valence-corrected chi connectivity index (χ3v) is 5.53. The van der Waals surface area contributed by atoms with Gasteiger partial charge in [0.1, 0.15) is 6.33 Å². The van der Waals surface area contributed by atoms with Crippen molar-refractivity contribution in [3.05, 3.63) is 72.6 Å². The Morgan fingerprint density at radius 1 is 0.967 bits per heavy atom. The first-order valence-electron chi connectivity index (χ1n) is 8.71. The van der Waals surface area contributed by atoms with E-state index in [9.17, 15) is 13.2 Å². The molecule has 2 heterocycles. The van der Waals surface area contributed by atoms with E-state index in [4.69, 9.17) is 12.2 Å². The lowest BCUT2D eigenvalue weighted by atomic mass is 10.2. The van der Waals surface area contributed by atoms with Crippen LogP contribution in [0.5, 0.6) is 0 Å². The van der Waals surface area contributed by atoms with E-state index in [0.717, 1.165) is 26.7 Å². The SMILES string of the molecule is FC(F)(F)c1ccccc1NC(=S)NNc1ncnc2cc(-c3ccccc3)sc12. The minimum atomic E-state index is -4.49. The fourth-order valence-electron chi connectivity index (χ4n) is 2.80. The number of hydrazine groups is 1. The maximum atomic E-state index is 13.1. The summed E-state index contributed by atoms with van der Waals surface area (Å²) in [6.45, 7) is 0. The lowest BCUT2D eigenvalue weighted by Gasteiger charge is -2.16. The number of aromatic nitrogens is 2. The minimum absolute atomic E-state index is 0.0294. The van der Waals surface area contributed by atoms with Crippen molar-refractivity contribution in [2.24, 2.45) is 0 Å². The Morgan fingerprint density at radius 3 is 2.47 bits per heavy atom. The number of nitrogens with one attached hydrogen (secondary N) is 3. The van der Waals surface area contributed by atoms with E-state index in [1.807, 2.05) is 36.4 Å². The van der Waals surface area contributed by atoms with E-state index in [1.165, 1.54) is 35.9 Å². The molecule has 2 aromatic heterocycles. The molecule has 30 heavy (non-hydrogen) atoms. The van der Waals surface area contributed by atoms with E-state index in [0.29, 0.717) is 5.82 Å². The summed E-state index contributed by atoms with van der Waals surface area (Å²) in [5.74, 6) is 0.473. The van der Waals surface area contributed by atoms with Crippen molar-refractivity contribution in [2.45, 2.75) is 6.18 Å². The molecule has 0 saturated carbocycles. The average Bonchev–Trinajstić information content (AvgIpc) is 3.17. The highest BCUT2D eigenvalue weighted by atomic mass is 32.1. The fourth-order valence-corrected chi connectivity index (χ4v) is 4.02. The van der Waals surface area contributed by atoms with Crippen molar-refractivity contribution in [3.63, 3.8) is 0 Å². The van der Waals surface area contributed by atoms with E-state index in [-0.39, 0.29) is 10.8 Å². The Balaban J connectivity index is 1.50. The van der Waals surface area contributed by atoms with E-state index < -0.39 is 11.7 Å². The normalized spacial score (nSPS) is 11.3. The number of thiophene rings is 1. The Hall–Kier alpha value is -3.24. The second kappa shape index (κ2) is 8.25. The Morgan fingerprint density at radius 2 is 1.70 bits per heavy atom. The number of nitrogens with zero attached hydrogens (tertiary/aromatic N) is 2. The van der Waals surface area contributed by atoms with E-state index in [1.54, 1.807) is 0 Å². The summed E-state index contributed by atoms with van der Waals surface area (Å²) in [4.78, 5) is 9.51. The van der Waals surface area contributed by atoms with Crippen LogP contribution in [0, 0.1) is 0 Å². The molecule has 0 aliphatic heterocycles. The van der Waals surface area contributed by atoms with Gasteiger partial charge < -0.3 is 5.32 Å². The number of halogens is 3. The molecule has 0 unspecified atom stereocenters. The Bertz CT molecular complexity index is 1190. The smallest absolute Gasteiger partial charge is 0.331 e. The van der Waals surface area contributed by atoms with Gasteiger partial charge in [-0.3, -0.25) is 10.9 Å². The lowest BCUT2D eigenvalue weighted by molar-refractivity contribution is -0.136. The number of fused-ring (bicyclic) bond motifs is 1. The number of hydrogen-bond acceptors (Lipinski definition) is 5. The molecule has 10 heteroatoms. The number of anilines is 2. The standard InChI is InChI=1S/C20H14F3N5S2/c21-20(22,23)13-8-4-5-9-14(13)26-19(29)28-27-18-17-15(24-11-25-18)10-16(30-17)12-6-2-1-3-7-12/h1-11H,(H,24,25,27)(H2,26,28,29). The average molecular weight is 445 g/mol. The largest absolute Gasteiger partial charge is 0.418 e. The quantitative estimate of drug-likeness (QED) is 0.277. The van der Waals surface area contributed by atoms with Gasteiger partial charge >= 0.3 is 6.18 Å². The van der Waals surface area contributed by atoms with Crippen LogP contribution in [-0.4, -0.2) is 15.1 Å². The number of hydrogen-bond donors (Lipinski definition) is 3. The summed E-state index contributed by atoms with van der Waals surface area (Å²) >= 11 is 6.63. The first kappa shape index (κ1) is 20.0. The highest BCUT2D eigenvalue weighted by Crippen LogP contribution is 2.36. The highest BCUT2D eigenvalue weighted by Gasteiger charge is 2.33. The van der Waals surface area contributed by atoms with Gasteiger partial charge in [0.15, 0.2) is 10.9 Å². The monoisotopic (exact) mass is 445 g/mol. The predicted octanol–water partition coefficient (Wildman–Crippen LogP) is 5.69. The van der Waals surface area contributed by atoms with Gasteiger partial charge in [0.2, 0.25) is 0 Å². The molecule has 0 fully saturated rings. The topological polar surface area (TPSA) is 61.9 Å². The van der Waals surface area contributed by atoms with Gasteiger partial charge in [-0.15, -0.1) is 11.3 Å². The van der Waals surface area contributed by atoms with E-state index >= 15 is 0 Å². The molecule has 4 aromatic rings. The number of rotatable bonds is 4. The molecule has 0 aliphatic carbocycles. The van der Waals surface area contributed by atoms with Gasteiger partial charge in [0, 0.05) is 4.88 Å². The summed E-state index contributed by atoms with van der Waals surface area (Å²) < 4.78 is 40.2. The minimum Gasteiger partial charge on any atom is -0.331 e. The van der Waals surface area contributed by atoms with Gasteiger partial charge in [-0.1, -0.05) is 42.5 Å². The van der Waals surface area contributed by atoms with Gasteiger partial charge in [0.05, 0.1) is 21.5 Å². The van der Waals surface area contributed by atoms with Crippen molar-refractivity contribution in [2.75, 3.05) is 10.7 Å². The van der Waals surface area contributed by atoms with Crippen LogP contribution in [0.25, 0.3) is 20.7 Å². The zero-order valence-electron chi connectivity index (χ0n) is 15.2. The predicted molar refractivity (Wildman–Crippen MR) is 117 cm³/mol. The molecule has 0 amide bonds. The number of benzene rings is 2. The first-order chi connectivity index (χ1) is 14.4. The van der Waals surface area contributed by atoms with Crippen molar-refractivity contribution in [1.82, 2.24) is 15.4 Å². The molecule has 0 spiro atoms. The van der Waals surface area contributed by atoms with Crippen molar-refractivity contribution < 1.29 is 13.2 Å². The van der Waals surface area contributed by atoms with Crippen LogP contribution in [-0.2, 0) is 6.18 Å². The molecule has 0 aliphatic rings. The van der Waals surface area contributed by atoms with Crippen LogP contribution in [0.1, 0.15) is 5.56 Å². The highest BCUT2D eigenvalue weighted by molar-refractivity contribution is 7.80. The summed E-state index contributed by atoms with van der Waals surface area (Å²) in [7, 11) is 0. The fraction of sp³-hybridized carbons (Fsp3) is 0.0500. The lowest BCUT2D eigenvalue weighted by Crippen LogP contribution is -2.34. The molecule has 5 nitrogen and oxygen atoms in total. The molecular weight excluding hydrogens is 431 g/mol. The van der Waals surface area contributed by atoms with Crippen LogP contribution in [0.2, 0.25) is 0 Å². The third-order valence-electron chi connectivity index (χ3n) is 4.14. The summed E-state index contributed by atoms with van der Waals surface area (Å²) in [5, 5.41) is 2.53. The molecule has 3 N–H and O–H groups in total. The van der Waals surface area contributed by atoms with E-state index in [2.05, 4.69) is 26.1 Å². The molecule has 4 rings (SSSR count). The van der Waals surface area contributed by atoms with Crippen molar-refractivity contribution in [1.29, 1.82) is 0 Å². The Labute approximate surface area is 179 Å². The molecule has 0 saturated heterocycles. The molecule has 0 bridgehead atoms. The molecular formula is C20H14F3N5S2. The van der Waals surface area contributed by atoms with Crippen LogP contribution >= 0.6 is 23.6 Å².